The lowest BCUT2D eigenvalue weighted by atomic mass is 10.0. The minimum Gasteiger partial charge on any atom is -0.459 e. The highest BCUT2D eigenvalue weighted by atomic mass is 32.2. The molecule has 8 nitrogen and oxygen atoms in total. The summed E-state index contributed by atoms with van der Waals surface area (Å²) < 4.78 is 10.7. The molecule has 1 fully saturated rings. The number of nitrogens with zero attached hydrogens (tertiary/aromatic N) is 1. The third-order valence-corrected chi connectivity index (χ3v) is 6.03. The molecule has 2 rings (SSSR count). The third kappa shape index (κ3) is 9.75. The summed E-state index contributed by atoms with van der Waals surface area (Å²) in [7, 11) is 0. The molecular formula is C25H36N2O6S. The average Bonchev–Trinajstić information content (AvgIpc) is 3.13. The van der Waals surface area contributed by atoms with Crippen LogP contribution in [0, 0.1) is 5.92 Å². The van der Waals surface area contributed by atoms with Gasteiger partial charge in [0.15, 0.2) is 5.78 Å². The number of carbonyl (C=O) groups is 4. The quantitative estimate of drug-likeness (QED) is 0.498. The van der Waals surface area contributed by atoms with Crippen molar-refractivity contribution >= 4 is 35.5 Å². The van der Waals surface area contributed by atoms with Crippen LogP contribution in [0.15, 0.2) is 30.3 Å². The van der Waals surface area contributed by atoms with E-state index in [-0.39, 0.29) is 49.0 Å². The van der Waals surface area contributed by atoms with E-state index in [2.05, 4.69) is 5.32 Å². The van der Waals surface area contributed by atoms with E-state index in [0.717, 1.165) is 5.56 Å². The van der Waals surface area contributed by atoms with Crippen LogP contribution in [0.3, 0.4) is 0 Å². The normalized spacial score (nSPS) is 16.9. The van der Waals surface area contributed by atoms with Gasteiger partial charge in [-0.15, -0.1) is 11.8 Å². The van der Waals surface area contributed by atoms with Crippen molar-refractivity contribution in [1.29, 1.82) is 0 Å². The first-order valence-corrected chi connectivity index (χ1v) is 12.7. The van der Waals surface area contributed by atoms with Crippen LogP contribution in [-0.2, 0) is 30.5 Å². The van der Waals surface area contributed by atoms with Crippen molar-refractivity contribution in [1.82, 2.24) is 10.2 Å². The molecule has 0 spiro atoms. The molecule has 9 heteroatoms. The van der Waals surface area contributed by atoms with Crippen molar-refractivity contribution in [2.75, 3.05) is 18.1 Å². The van der Waals surface area contributed by atoms with E-state index in [1.165, 1.54) is 16.7 Å². The number of nitrogens with one attached hydrogen (secondary N) is 1. The van der Waals surface area contributed by atoms with Gasteiger partial charge in [-0.1, -0.05) is 44.2 Å². The number of carbonyl (C=O) groups excluding carboxylic acids is 4. The minimum atomic E-state index is -0.902. The lowest BCUT2D eigenvalue weighted by Crippen LogP contribution is -2.49. The van der Waals surface area contributed by atoms with Gasteiger partial charge >= 0.3 is 12.1 Å². The molecule has 1 N–H and O–H groups in total. The standard InChI is InChI=1S/C25H36N2O6S/c1-17(2)11-19(15-34-16-22(29)33-25(3,4)5)26-23(30)21-12-20(28)13-27(21)24(31)32-14-18-9-7-6-8-10-18/h6-10,17,19,21H,11-16H2,1-5H3,(H,26,30)/t19-,21-/m0/s1. The summed E-state index contributed by atoms with van der Waals surface area (Å²) in [5, 5.41) is 2.98. The van der Waals surface area contributed by atoms with Crippen LogP contribution < -0.4 is 5.32 Å². The summed E-state index contributed by atoms with van der Waals surface area (Å²) in [6.07, 6.45) is -0.0210. The minimum absolute atomic E-state index is 0.0360. The molecule has 34 heavy (non-hydrogen) atoms. The zero-order chi connectivity index (χ0) is 25.3. The first-order valence-electron chi connectivity index (χ1n) is 11.5. The maximum atomic E-state index is 13.0. The highest BCUT2D eigenvalue weighted by molar-refractivity contribution is 7.99. The van der Waals surface area contributed by atoms with Crippen molar-refractivity contribution < 1.29 is 28.7 Å². The summed E-state index contributed by atoms with van der Waals surface area (Å²) >= 11 is 1.39. The van der Waals surface area contributed by atoms with Crippen molar-refractivity contribution in [3.05, 3.63) is 35.9 Å². The third-order valence-electron chi connectivity index (χ3n) is 4.95. The first-order chi connectivity index (χ1) is 15.9. The Bertz CT molecular complexity index is 853. The molecule has 1 saturated heterocycles. The topological polar surface area (TPSA) is 102 Å². The average molecular weight is 493 g/mol. The molecule has 0 aliphatic carbocycles. The second-order valence-corrected chi connectivity index (χ2v) is 10.9. The van der Waals surface area contributed by atoms with Crippen molar-refractivity contribution in [3.63, 3.8) is 0 Å². The van der Waals surface area contributed by atoms with Gasteiger partial charge in [0, 0.05) is 18.2 Å². The number of thioether (sulfide) groups is 1. The number of hydrogen-bond acceptors (Lipinski definition) is 7. The van der Waals surface area contributed by atoms with Crippen LogP contribution in [0.4, 0.5) is 4.79 Å². The Morgan fingerprint density at radius 2 is 1.85 bits per heavy atom. The van der Waals surface area contributed by atoms with E-state index in [1.807, 2.05) is 65.0 Å². The Morgan fingerprint density at radius 3 is 2.47 bits per heavy atom. The summed E-state index contributed by atoms with van der Waals surface area (Å²) in [4.78, 5) is 50.9. The van der Waals surface area contributed by atoms with E-state index in [9.17, 15) is 19.2 Å². The van der Waals surface area contributed by atoms with Crippen molar-refractivity contribution in [2.24, 2.45) is 5.92 Å². The maximum absolute atomic E-state index is 13.0. The molecule has 0 radical (unpaired) electrons. The van der Waals surface area contributed by atoms with Crippen molar-refractivity contribution in [3.8, 4) is 0 Å². The first kappa shape index (κ1) is 27.7. The van der Waals surface area contributed by atoms with E-state index in [4.69, 9.17) is 9.47 Å². The van der Waals surface area contributed by atoms with Gasteiger partial charge in [-0.25, -0.2) is 4.79 Å². The van der Waals surface area contributed by atoms with Crippen LogP contribution in [0.5, 0.6) is 0 Å². The summed E-state index contributed by atoms with van der Waals surface area (Å²) in [6.45, 7) is 9.46. The summed E-state index contributed by atoms with van der Waals surface area (Å²) in [6, 6.07) is 8.10. The van der Waals surface area contributed by atoms with Gasteiger partial charge in [0.05, 0.1) is 12.3 Å². The zero-order valence-electron chi connectivity index (χ0n) is 20.7. The van der Waals surface area contributed by atoms with Crippen molar-refractivity contribution in [2.45, 2.75) is 71.8 Å². The Balaban J connectivity index is 1.93. The smallest absolute Gasteiger partial charge is 0.411 e. The van der Waals surface area contributed by atoms with Gasteiger partial charge in [-0.05, 0) is 38.7 Å². The Hall–Kier alpha value is -2.55. The monoisotopic (exact) mass is 492 g/mol. The van der Waals surface area contributed by atoms with Crippen LogP contribution in [-0.4, -0.2) is 64.4 Å². The molecule has 1 aliphatic rings. The van der Waals surface area contributed by atoms with Gasteiger partial charge in [-0.3, -0.25) is 19.3 Å². The van der Waals surface area contributed by atoms with Crippen LogP contribution in [0.25, 0.3) is 0 Å². The van der Waals surface area contributed by atoms with E-state index in [1.54, 1.807) is 0 Å². The number of ether oxygens (including phenoxy) is 2. The Kier molecular flexibility index (Phi) is 10.4. The van der Waals surface area contributed by atoms with Crippen LogP contribution >= 0.6 is 11.8 Å². The fourth-order valence-electron chi connectivity index (χ4n) is 3.61. The predicted octanol–water partition coefficient (Wildman–Crippen LogP) is 3.57. The summed E-state index contributed by atoms with van der Waals surface area (Å²) in [5.41, 5.74) is 0.276. The highest BCUT2D eigenvalue weighted by Gasteiger charge is 2.40. The molecule has 0 saturated carbocycles. The molecule has 1 heterocycles. The van der Waals surface area contributed by atoms with Gasteiger partial charge in [-0.2, -0.15) is 0 Å². The number of Topliss-reactive ketones (excluding diaryl/α,β-unsaturated/α-hetero) is 1. The number of rotatable bonds is 10. The molecule has 2 amide bonds. The zero-order valence-corrected chi connectivity index (χ0v) is 21.5. The number of hydrogen-bond donors (Lipinski definition) is 1. The number of ketones is 1. The van der Waals surface area contributed by atoms with E-state index in [0.29, 0.717) is 18.1 Å². The molecule has 2 atom stereocenters. The molecule has 0 unspecified atom stereocenters. The lowest BCUT2D eigenvalue weighted by Gasteiger charge is -2.26. The molecule has 1 aromatic carbocycles. The largest absolute Gasteiger partial charge is 0.459 e. The SMILES string of the molecule is CC(C)C[C@@H](CSCC(=O)OC(C)(C)C)NC(=O)[C@@H]1CC(=O)CN1C(=O)OCc1ccccc1. The Labute approximate surface area is 206 Å². The molecule has 1 aliphatic heterocycles. The van der Waals surface area contributed by atoms with Gasteiger partial charge in [0.1, 0.15) is 18.2 Å². The second kappa shape index (κ2) is 12.8. The number of amides is 2. The maximum Gasteiger partial charge on any atom is 0.411 e. The van der Waals surface area contributed by atoms with Gasteiger partial charge < -0.3 is 14.8 Å². The van der Waals surface area contributed by atoms with Gasteiger partial charge in [0.25, 0.3) is 0 Å². The van der Waals surface area contributed by atoms with Gasteiger partial charge in [0.2, 0.25) is 5.91 Å². The number of esters is 1. The molecule has 188 valence electrons. The molecular weight excluding hydrogens is 456 g/mol. The molecule has 0 bridgehead atoms. The number of benzene rings is 1. The van der Waals surface area contributed by atoms with Crippen LogP contribution in [0.1, 0.15) is 53.0 Å². The lowest BCUT2D eigenvalue weighted by molar-refractivity contribution is -0.151. The van der Waals surface area contributed by atoms with Crippen LogP contribution in [0.2, 0.25) is 0 Å². The predicted molar refractivity (Wildman–Crippen MR) is 131 cm³/mol. The second-order valence-electron chi connectivity index (χ2n) is 9.86. The van der Waals surface area contributed by atoms with E-state index >= 15 is 0 Å². The number of likely N-dealkylation sites (tertiary alicyclic amines) is 1. The van der Waals surface area contributed by atoms with E-state index < -0.39 is 17.7 Å². The molecule has 1 aromatic rings. The fraction of sp³-hybridized carbons (Fsp3) is 0.600. The highest BCUT2D eigenvalue weighted by Crippen LogP contribution is 2.19. The molecule has 0 aromatic heterocycles. The fourth-order valence-corrected chi connectivity index (χ4v) is 4.46. The Morgan fingerprint density at radius 1 is 1.18 bits per heavy atom. The summed E-state index contributed by atoms with van der Waals surface area (Å²) in [5.74, 6) is 0.136.